The van der Waals surface area contributed by atoms with Crippen LogP contribution in [0.2, 0.25) is 0 Å². The maximum atomic E-state index is 13.5. The van der Waals surface area contributed by atoms with E-state index < -0.39 is 0 Å². The summed E-state index contributed by atoms with van der Waals surface area (Å²) in [6, 6.07) is 6.29. The third kappa shape index (κ3) is 2.81. The standard InChI is InChI=1S/C16H18FN7/c1-22-5-7-23(8-6-22)21-15-14-10-20-24(16(14)19-11-18-15)13-4-2-3-12(17)9-13/h2-4,9-11H,5-8H2,1H3,(H,18,19,21). The summed E-state index contributed by atoms with van der Waals surface area (Å²) in [5.74, 6) is 0.410. The molecule has 1 aromatic carbocycles. The average molecular weight is 327 g/mol. The molecule has 0 saturated carbocycles. The van der Waals surface area contributed by atoms with Gasteiger partial charge in [-0.3, -0.25) is 0 Å². The number of halogens is 1. The number of piperazine rings is 1. The molecule has 3 heterocycles. The molecule has 2 aromatic heterocycles. The predicted octanol–water partition coefficient (Wildman–Crippen LogP) is 1.53. The van der Waals surface area contributed by atoms with Crippen LogP contribution >= 0.6 is 0 Å². The Morgan fingerprint density at radius 1 is 1.12 bits per heavy atom. The van der Waals surface area contributed by atoms with E-state index in [4.69, 9.17) is 0 Å². The molecular formula is C16H18FN7. The molecule has 0 atom stereocenters. The summed E-state index contributed by atoms with van der Waals surface area (Å²) in [6.07, 6.45) is 3.21. The largest absolute Gasteiger partial charge is 0.304 e. The van der Waals surface area contributed by atoms with Gasteiger partial charge < -0.3 is 10.3 Å². The van der Waals surface area contributed by atoms with E-state index in [1.807, 2.05) is 0 Å². The summed E-state index contributed by atoms with van der Waals surface area (Å²) in [5, 5.41) is 7.30. The van der Waals surface area contributed by atoms with Gasteiger partial charge in [-0.25, -0.2) is 24.0 Å². The van der Waals surface area contributed by atoms with Crippen molar-refractivity contribution in [2.75, 3.05) is 38.7 Å². The molecule has 4 rings (SSSR count). The normalized spacial score (nSPS) is 16.6. The van der Waals surface area contributed by atoms with Gasteiger partial charge >= 0.3 is 0 Å². The van der Waals surface area contributed by atoms with Crippen molar-refractivity contribution < 1.29 is 4.39 Å². The van der Waals surface area contributed by atoms with Gasteiger partial charge in [0.1, 0.15) is 12.1 Å². The van der Waals surface area contributed by atoms with E-state index in [0.29, 0.717) is 17.2 Å². The molecule has 7 nitrogen and oxygen atoms in total. The number of aromatic nitrogens is 4. The molecule has 1 aliphatic rings. The molecule has 8 heteroatoms. The number of nitrogens with one attached hydrogen (secondary N) is 1. The van der Waals surface area contributed by atoms with Crippen molar-refractivity contribution in [3.63, 3.8) is 0 Å². The average Bonchev–Trinajstić information content (AvgIpc) is 3.02. The molecule has 3 aromatic rings. The third-order valence-electron chi connectivity index (χ3n) is 4.19. The fourth-order valence-electron chi connectivity index (χ4n) is 2.80. The monoisotopic (exact) mass is 327 g/mol. The number of rotatable bonds is 3. The van der Waals surface area contributed by atoms with Crippen molar-refractivity contribution in [1.29, 1.82) is 0 Å². The lowest BCUT2D eigenvalue weighted by Crippen LogP contribution is -2.47. The molecule has 24 heavy (non-hydrogen) atoms. The van der Waals surface area contributed by atoms with E-state index in [9.17, 15) is 4.39 Å². The van der Waals surface area contributed by atoms with E-state index in [0.717, 1.165) is 31.6 Å². The number of hydrogen-bond acceptors (Lipinski definition) is 6. The first-order chi connectivity index (χ1) is 11.7. The first kappa shape index (κ1) is 15.0. The molecular weight excluding hydrogens is 309 g/mol. The van der Waals surface area contributed by atoms with E-state index in [-0.39, 0.29) is 5.82 Å². The van der Waals surface area contributed by atoms with E-state index >= 15 is 0 Å². The van der Waals surface area contributed by atoms with Crippen molar-refractivity contribution in [3.8, 4) is 5.69 Å². The quantitative estimate of drug-likeness (QED) is 0.787. The Balaban J connectivity index is 1.66. The second-order valence-electron chi connectivity index (χ2n) is 5.90. The van der Waals surface area contributed by atoms with Gasteiger partial charge in [0.25, 0.3) is 0 Å². The SMILES string of the molecule is CN1CCN(Nc2ncnc3c2cnn3-c2cccc(F)c2)CC1. The van der Waals surface area contributed by atoms with Gasteiger partial charge in [-0.2, -0.15) is 5.10 Å². The van der Waals surface area contributed by atoms with Crippen molar-refractivity contribution >= 4 is 16.9 Å². The summed E-state index contributed by atoms with van der Waals surface area (Å²) >= 11 is 0. The van der Waals surface area contributed by atoms with Crippen LogP contribution < -0.4 is 5.43 Å². The fraction of sp³-hybridized carbons (Fsp3) is 0.312. The van der Waals surface area contributed by atoms with Gasteiger partial charge in [-0.05, 0) is 25.2 Å². The van der Waals surface area contributed by atoms with Crippen LogP contribution in [0.4, 0.5) is 10.2 Å². The Morgan fingerprint density at radius 2 is 1.96 bits per heavy atom. The van der Waals surface area contributed by atoms with Crippen LogP contribution in [-0.4, -0.2) is 62.9 Å². The first-order valence-corrected chi connectivity index (χ1v) is 7.85. The molecule has 0 aliphatic carbocycles. The highest BCUT2D eigenvalue weighted by Crippen LogP contribution is 2.22. The van der Waals surface area contributed by atoms with Crippen molar-refractivity contribution in [2.45, 2.75) is 0 Å². The maximum Gasteiger partial charge on any atom is 0.168 e. The highest BCUT2D eigenvalue weighted by Gasteiger charge is 2.17. The second kappa shape index (κ2) is 6.14. The van der Waals surface area contributed by atoms with Crippen LogP contribution in [-0.2, 0) is 0 Å². The molecule has 1 N–H and O–H groups in total. The van der Waals surface area contributed by atoms with Crippen LogP contribution in [0.15, 0.2) is 36.8 Å². The lowest BCUT2D eigenvalue weighted by Gasteiger charge is -2.32. The van der Waals surface area contributed by atoms with Crippen molar-refractivity contribution in [1.82, 2.24) is 29.7 Å². The number of nitrogens with zero attached hydrogens (tertiary/aromatic N) is 6. The number of fused-ring (bicyclic) bond motifs is 1. The molecule has 124 valence electrons. The lowest BCUT2D eigenvalue weighted by atomic mass is 10.3. The summed E-state index contributed by atoms with van der Waals surface area (Å²) < 4.78 is 15.1. The van der Waals surface area contributed by atoms with E-state index in [1.54, 1.807) is 23.0 Å². The zero-order valence-corrected chi connectivity index (χ0v) is 13.4. The fourth-order valence-corrected chi connectivity index (χ4v) is 2.80. The number of hydrazine groups is 1. The lowest BCUT2D eigenvalue weighted by molar-refractivity contribution is 0.178. The van der Waals surface area contributed by atoms with Gasteiger partial charge in [0.15, 0.2) is 11.5 Å². The topological polar surface area (TPSA) is 62.1 Å². The number of hydrogen-bond donors (Lipinski definition) is 1. The Hall–Kier alpha value is -2.58. The van der Waals surface area contributed by atoms with Gasteiger partial charge in [-0.1, -0.05) is 6.07 Å². The second-order valence-corrected chi connectivity index (χ2v) is 5.90. The van der Waals surface area contributed by atoms with Crippen molar-refractivity contribution in [2.24, 2.45) is 0 Å². The number of anilines is 1. The third-order valence-corrected chi connectivity index (χ3v) is 4.19. The zero-order valence-electron chi connectivity index (χ0n) is 13.4. The highest BCUT2D eigenvalue weighted by molar-refractivity contribution is 5.86. The smallest absolute Gasteiger partial charge is 0.168 e. The van der Waals surface area contributed by atoms with Crippen LogP contribution in [0.5, 0.6) is 0 Å². The number of likely N-dealkylation sites (N-methyl/N-ethyl adjacent to an activating group) is 1. The highest BCUT2D eigenvalue weighted by atomic mass is 19.1. The summed E-state index contributed by atoms with van der Waals surface area (Å²) in [5.41, 5.74) is 4.63. The minimum absolute atomic E-state index is 0.305. The predicted molar refractivity (Wildman–Crippen MR) is 89.3 cm³/mol. The van der Waals surface area contributed by atoms with Crippen LogP contribution in [0, 0.1) is 5.82 Å². The van der Waals surface area contributed by atoms with Crippen molar-refractivity contribution in [3.05, 3.63) is 42.6 Å². The van der Waals surface area contributed by atoms with Gasteiger partial charge in [0, 0.05) is 26.2 Å². The van der Waals surface area contributed by atoms with Gasteiger partial charge in [0.05, 0.1) is 17.3 Å². The van der Waals surface area contributed by atoms with Gasteiger partial charge in [0.2, 0.25) is 0 Å². The molecule has 1 aliphatic heterocycles. The van der Waals surface area contributed by atoms with Crippen LogP contribution in [0.1, 0.15) is 0 Å². The number of benzene rings is 1. The van der Waals surface area contributed by atoms with Crippen LogP contribution in [0.3, 0.4) is 0 Å². The molecule has 1 saturated heterocycles. The molecule has 0 bridgehead atoms. The van der Waals surface area contributed by atoms with Crippen LogP contribution in [0.25, 0.3) is 16.7 Å². The Morgan fingerprint density at radius 3 is 2.75 bits per heavy atom. The van der Waals surface area contributed by atoms with E-state index in [1.165, 1.54) is 18.5 Å². The summed E-state index contributed by atoms with van der Waals surface area (Å²) in [7, 11) is 2.11. The van der Waals surface area contributed by atoms with E-state index in [2.05, 4.69) is 37.4 Å². The van der Waals surface area contributed by atoms with Gasteiger partial charge in [-0.15, -0.1) is 0 Å². The molecule has 1 fully saturated rings. The zero-order chi connectivity index (χ0) is 16.5. The Kier molecular flexibility index (Phi) is 3.83. The maximum absolute atomic E-state index is 13.5. The molecule has 0 amide bonds. The Labute approximate surface area is 138 Å². The first-order valence-electron chi connectivity index (χ1n) is 7.85. The minimum Gasteiger partial charge on any atom is -0.304 e. The molecule has 0 radical (unpaired) electrons. The minimum atomic E-state index is -0.305. The molecule has 0 unspecified atom stereocenters. The Bertz CT molecular complexity index is 855. The summed E-state index contributed by atoms with van der Waals surface area (Å²) in [4.78, 5) is 10.9. The molecule has 0 spiro atoms. The summed E-state index contributed by atoms with van der Waals surface area (Å²) in [6.45, 7) is 3.84.